The molecule has 3 aromatic rings. The zero-order valence-corrected chi connectivity index (χ0v) is 13.6. The van der Waals surface area contributed by atoms with Crippen molar-refractivity contribution in [2.75, 3.05) is 12.4 Å². The van der Waals surface area contributed by atoms with Crippen molar-refractivity contribution in [2.45, 2.75) is 17.0 Å². The van der Waals surface area contributed by atoms with E-state index < -0.39 is 0 Å². The minimum Gasteiger partial charge on any atom is -0.497 e. The van der Waals surface area contributed by atoms with Crippen molar-refractivity contribution in [1.82, 2.24) is 20.4 Å². The molecule has 2 heterocycles. The molecule has 1 N–H and O–H groups in total. The third-order valence-electron chi connectivity index (χ3n) is 2.61. The van der Waals surface area contributed by atoms with Gasteiger partial charge >= 0.3 is 0 Å². The predicted molar refractivity (Wildman–Crippen MR) is 84.8 cm³/mol. The lowest BCUT2D eigenvalue weighted by atomic mass is 10.3. The second-order valence-electron chi connectivity index (χ2n) is 4.23. The van der Waals surface area contributed by atoms with Crippen LogP contribution in [0.15, 0.2) is 33.0 Å². The molecular weight excluding hydrogens is 322 g/mol. The summed E-state index contributed by atoms with van der Waals surface area (Å²) in [6, 6.07) is 7.64. The van der Waals surface area contributed by atoms with Crippen LogP contribution < -0.4 is 10.1 Å². The molecule has 7 nitrogen and oxygen atoms in total. The van der Waals surface area contributed by atoms with E-state index in [0.717, 1.165) is 20.9 Å². The van der Waals surface area contributed by atoms with Gasteiger partial charge in [-0.2, -0.15) is 0 Å². The van der Waals surface area contributed by atoms with E-state index in [0.29, 0.717) is 17.5 Å². The van der Waals surface area contributed by atoms with Crippen molar-refractivity contribution >= 4 is 33.9 Å². The number of benzene rings is 1. The highest BCUT2D eigenvalue weighted by Gasteiger charge is 2.08. The zero-order chi connectivity index (χ0) is 15.4. The molecule has 0 aliphatic rings. The van der Waals surface area contributed by atoms with Crippen LogP contribution in [0.25, 0.3) is 0 Å². The maximum atomic E-state index is 5.32. The second kappa shape index (κ2) is 6.75. The van der Waals surface area contributed by atoms with Gasteiger partial charge in [0.05, 0.1) is 12.9 Å². The Hall–Kier alpha value is -2.13. The quantitative estimate of drug-likeness (QED) is 0.687. The van der Waals surface area contributed by atoms with Crippen molar-refractivity contribution in [3.05, 3.63) is 36.0 Å². The summed E-state index contributed by atoms with van der Waals surface area (Å²) in [6.45, 7) is 1.77. The van der Waals surface area contributed by atoms with Gasteiger partial charge in [-0.3, -0.25) is 0 Å². The van der Waals surface area contributed by atoms with Gasteiger partial charge in [0.1, 0.15) is 5.75 Å². The normalized spacial score (nSPS) is 10.6. The minimum absolute atomic E-state index is 0.563. The van der Waals surface area contributed by atoms with Gasteiger partial charge in [-0.05, 0) is 12.1 Å². The molecule has 0 spiro atoms. The van der Waals surface area contributed by atoms with Crippen molar-refractivity contribution in [1.29, 1.82) is 0 Å². The Kier molecular flexibility index (Phi) is 4.54. The molecule has 0 radical (unpaired) electrons. The van der Waals surface area contributed by atoms with E-state index in [9.17, 15) is 0 Å². The first kappa shape index (κ1) is 14.8. The zero-order valence-electron chi connectivity index (χ0n) is 11.9. The Morgan fingerprint density at radius 2 is 2.18 bits per heavy atom. The van der Waals surface area contributed by atoms with E-state index in [2.05, 4.69) is 25.7 Å². The van der Waals surface area contributed by atoms with E-state index >= 15 is 0 Å². The van der Waals surface area contributed by atoms with E-state index in [1.54, 1.807) is 14.0 Å². The van der Waals surface area contributed by atoms with E-state index in [-0.39, 0.29) is 0 Å². The van der Waals surface area contributed by atoms with E-state index in [1.807, 2.05) is 24.3 Å². The number of hydrogen-bond donors (Lipinski definition) is 1. The summed E-state index contributed by atoms with van der Waals surface area (Å²) in [4.78, 5) is 0. The van der Waals surface area contributed by atoms with Crippen LogP contribution in [0.3, 0.4) is 0 Å². The lowest BCUT2D eigenvalue weighted by Gasteiger charge is -2.04. The van der Waals surface area contributed by atoms with E-state index in [1.165, 1.54) is 23.1 Å². The fourth-order valence-electron chi connectivity index (χ4n) is 1.66. The summed E-state index contributed by atoms with van der Waals surface area (Å²) in [5.74, 6) is 2.51. The lowest BCUT2D eigenvalue weighted by molar-refractivity contribution is 0.415. The molecule has 114 valence electrons. The maximum absolute atomic E-state index is 5.32. The highest BCUT2D eigenvalue weighted by Crippen LogP contribution is 2.30. The summed E-state index contributed by atoms with van der Waals surface area (Å²) in [6.07, 6.45) is 0. The number of thioether (sulfide) groups is 1. The van der Waals surface area contributed by atoms with Crippen molar-refractivity contribution < 1.29 is 9.15 Å². The standard InChI is InChI=1S/C13H13N5O2S2/c1-8-15-16-11(20-8)7-21-13-18-17-12(22-13)14-9-4-3-5-10(6-9)19-2/h3-6H,7H2,1-2H3,(H,14,17). The first-order chi connectivity index (χ1) is 10.7. The second-order valence-corrected chi connectivity index (χ2v) is 6.43. The Labute approximate surface area is 135 Å². The number of nitrogens with zero attached hydrogens (tertiary/aromatic N) is 4. The molecule has 0 atom stereocenters. The summed E-state index contributed by atoms with van der Waals surface area (Å²) < 4.78 is 11.3. The van der Waals surface area contributed by atoms with Gasteiger partial charge in [-0.25, -0.2) is 0 Å². The van der Waals surface area contributed by atoms with Gasteiger partial charge in [-0.1, -0.05) is 29.2 Å². The molecule has 0 bridgehead atoms. The molecule has 0 saturated carbocycles. The maximum Gasteiger partial charge on any atom is 0.226 e. The first-order valence-electron chi connectivity index (χ1n) is 6.39. The van der Waals surface area contributed by atoms with Gasteiger partial charge in [0.15, 0.2) is 4.34 Å². The number of methoxy groups -OCH3 is 1. The molecule has 0 aliphatic heterocycles. The molecule has 0 amide bonds. The third-order valence-corrected chi connectivity index (χ3v) is 4.57. The van der Waals surface area contributed by atoms with Gasteiger partial charge in [0, 0.05) is 18.7 Å². The Balaban J connectivity index is 1.60. The topological polar surface area (TPSA) is 86.0 Å². The van der Waals surface area contributed by atoms with Crippen LogP contribution in [0.1, 0.15) is 11.8 Å². The number of rotatable bonds is 6. The Morgan fingerprint density at radius 3 is 2.95 bits per heavy atom. The van der Waals surface area contributed by atoms with Crippen LogP contribution in [0.5, 0.6) is 5.75 Å². The van der Waals surface area contributed by atoms with Gasteiger partial charge < -0.3 is 14.5 Å². The van der Waals surface area contributed by atoms with Crippen molar-refractivity contribution in [2.24, 2.45) is 0 Å². The van der Waals surface area contributed by atoms with Crippen LogP contribution in [-0.4, -0.2) is 27.5 Å². The molecule has 2 aromatic heterocycles. The molecule has 0 saturated heterocycles. The molecule has 9 heteroatoms. The van der Waals surface area contributed by atoms with Crippen LogP contribution >= 0.6 is 23.1 Å². The van der Waals surface area contributed by atoms with E-state index in [4.69, 9.17) is 9.15 Å². The molecule has 0 aliphatic carbocycles. The predicted octanol–water partition coefficient (Wildman–Crippen LogP) is 3.27. The largest absolute Gasteiger partial charge is 0.497 e. The lowest BCUT2D eigenvalue weighted by Crippen LogP contribution is -1.90. The fourth-order valence-corrected chi connectivity index (χ4v) is 3.27. The van der Waals surface area contributed by atoms with Crippen LogP contribution in [-0.2, 0) is 5.75 Å². The third kappa shape index (κ3) is 3.74. The summed E-state index contributed by atoms with van der Waals surface area (Å²) in [5.41, 5.74) is 0.902. The average Bonchev–Trinajstić information content (AvgIpc) is 3.14. The van der Waals surface area contributed by atoms with Crippen molar-refractivity contribution in [3.63, 3.8) is 0 Å². The summed E-state index contributed by atoms with van der Waals surface area (Å²) >= 11 is 2.98. The molecule has 1 aromatic carbocycles. The number of aryl methyl sites for hydroxylation is 1. The monoisotopic (exact) mass is 335 g/mol. The summed E-state index contributed by atoms with van der Waals surface area (Å²) in [5, 5.41) is 19.9. The fraction of sp³-hybridized carbons (Fsp3) is 0.231. The highest BCUT2D eigenvalue weighted by molar-refractivity contribution is 8.00. The Morgan fingerprint density at radius 1 is 1.27 bits per heavy atom. The van der Waals surface area contributed by atoms with Crippen LogP contribution in [0.4, 0.5) is 10.8 Å². The molecule has 0 fully saturated rings. The number of hydrogen-bond acceptors (Lipinski definition) is 9. The summed E-state index contributed by atoms with van der Waals surface area (Å²) in [7, 11) is 1.64. The number of aromatic nitrogens is 4. The molecule has 22 heavy (non-hydrogen) atoms. The van der Waals surface area contributed by atoms with Crippen LogP contribution in [0, 0.1) is 6.92 Å². The number of anilines is 2. The Bertz CT molecular complexity index is 758. The molecule has 3 rings (SSSR count). The molecular formula is C13H13N5O2S2. The molecule has 0 unspecified atom stereocenters. The van der Waals surface area contributed by atoms with Crippen molar-refractivity contribution in [3.8, 4) is 5.75 Å². The number of nitrogens with one attached hydrogen (secondary N) is 1. The first-order valence-corrected chi connectivity index (χ1v) is 8.19. The number of ether oxygens (including phenoxy) is 1. The SMILES string of the molecule is COc1cccc(Nc2nnc(SCc3nnc(C)o3)s2)c1. The van der Waals surface area contributed by atoms with Gasteiger partial charge in [0.25, 0.3) is 0 Å². The smallest absolute Gasteiger partial charge is 0.226 e. The van der Waals surface area contributed by atoms with Gasteiger partial charge in [0.2, 0.25) is 16.9 Å². The highest BCUT2D eigenvalue weighted by atomic mass is 32.2. The van der Waals surface area contributed by atoms with Crippen LogP contribution in [0.2, 0.25) is 0 Å². The van der Waals surface area contributed by atoms with Gasteiger partial charge in [-0.15, -0.1) is 20.4 Å². The minimum atomic E-state index is 0.563. The average molecular weight is 335 g/mol.